The van der Waals surface area contributed by atoms with E-state index < -0.39 is 0 Å². The zero-order valence-corrected chi connectivity index (χ0v) is 11.5. The molecule has 102 valence electrons. The third kappa shape index (κ3) is 4.46. The second-order valence-electron chi connectivity index (χ2n) is 5.37. The van der Waals surface area contributed by atoms with Crippen molar-refractivity contribution in [3.8, 4) is 0 Å². The number of nitrogens with one attached hydrogen (secondary N) is 1. The summed E-state index contributed by atoms with van der Waals surface area (Å²) in [5.41, 5.74) is 1.37. The predicted octanol–water partition coefficient (Wildman–Crippen LogP) is 2.80. The number of hydrogen-bond donors (Lipinski definition) is 1. The summed E-state index contributed by atoms with van der Waals surface area (Å²) in [5, 5.41) is 3.37. The van der Waals surface area contributed by atoms with E-state index in [0.717, 1.165) is 25.6 Å². The van der Waals surface area contributed by atoms with Gasteiger partial charge in [0.25, 0.3) is 0 Å². The quantitative estimate of drug-likeness (QED) is 0.718. The summed E-state index contributed by atoms with van der Waals surface area (Å²) >= 11 is 0. The van der Waals surface area contributed by atoms with Crippen molar-refractivity contribution >= 4 is 0 Å². The number of hydrogen-bond acceptors (Lipinski definition) is 2. The number of methoxy groups -OCH3 is 1. The third-order valence-corrected chi connectivity index (χ3v) is 3.89. The first kappa shape index (κ1) is 13.6. The number of nitrogens with zero attached hydrogens (tertiary/aromatic N) is 1. The van der Waals surface area contributed by atoms with Crippen LogP contribution in [0, 0.1) is 5.92 Å². The van der Waals surface area contributed by atoms with E-state index in [1.165, 1.54) is 44.2 Å². The first-order valence-corrected chi connectivity index (χ1v) is 7.23. The SMILES string of the molecule is COCCNCc1ccn(CCC2CCCC2)c1. The summed E-state index contributed by atoms with van der Waals surface area (Å²) in [5.74, 6) is 0.982. The van der Waals surface area contributed by atoms with Crippen LogP contribution in [0.2, 0.25) is 0 Å². The summed E-state index contributed by atoms with van der Waals surface area (Å²) in [7, 11) is 1.74. The molecule has 0 unspecified atom stereocenters. The molecule has 0 aromatic carbocycles. The zero-order valence-electron chi connectivity index (χ0n) is 11.5. The molecule has 1 aromatic heterocycles. The van der Waals surface area contributed by atoms with E-state index in [-0.39, 0.29) is 0 Å². The van der Waals surface area contributed by atoms with Crippen molar-refractivity contribution in [2.24, 2.45) is 5.92 Å². The topological polar surface area (TPSA) is 26.2 Å². The van der Waals surface area contributed by atoms with Crippen molar-refractivity contribution < 1.29 is 4.74 Å². The minimum absolute atomic E-state index is 0.780. The Kier molecular flexibility index (Phi) is 5.75. The largest absolute Gasteiger partial charge is 0.383 e. The Bertz CT molecular complexity index is 329. The minimum atomic E-state index is 0.780. The van der Waals surface area contributed by atoms with Gasteiger partial charge in [0.05, 0.1) is 6.61 Å². The van der Waals surface area contributed by atoms with Crippen LogP contribution in [0.1, 0.15) is 37.7 Å². The molecule has 1 N–H and O–H groups in total. The molecule has 1 aliphatic carbocycles. The minimum Gasteiger partial charge on any atom is -0.383 e. The number of aromatic nitrogens is 1. The Hall–Kier alpha value is -0.800. The summed E-state index contributed by atoms with van der Waals surface area (Å²) < 4.78 is 7.35. The van der Waals surface area contributed by atoms with Crippen LogP contribution in [-0.2, 0) is 17.8 Å². The fourth-order valence-corrected chi connectivity index (χ4v) is 2.77. The average molecular weight is 250 g/mol. The summed E-state index contributed by atoms with van der Waals surface area (Å²) in [6, 6.07) is 2.22. The average Bonchev–Trinajstić information content (AvgIpc) is 3.03. The van der Waals surface area contributed by atoms with E-state index in [0.29, 0.717) is 0 Å². The lowest BCUT2D eigenvalue weighted by Gasteiger charge is -2.09. The number of ether oxygens (including phenoxy) is 1. The van der Waals surface area contributed by atoms with Crippen LogP contribution in [-0.4, -0.2) is 24.8 Å². The molecule has 1 aliphatic rings. The predicted molar refractivity (Wildman–Crippen MR) is 74.6 cm³/mol. The van der Waals surface area contributed by atoms with Crippen LogP contribution >= 0.6 is 0 Å². The molecular formula is C15H26N2O. The molecule has 2 rings (SSSR count). The second kappa shape index (κ2) is 7.59. The van der Waals surface area contributed by atoms with Crippen molar-refractivity contribution in [3.05, 3.63) is 24.0 Å². The van der Waals surface area contributed by atoms with E-state index in [4.69, 9.17) is 4.74 Å². The third-order valence-electron chi connectivity index (χ3n) is 3.89. The van der Waals surface area contributed by atoms with Crippen molar-refractivity contribution in [1.82, 2.24) is 9.88 Å². The molecule has 0 aliphatic heterocycles. The summed E-state index contributed by atoms with van der Waals surface area (Å²) in [6.07, 6.45) is 11.6. The van der Waals surface area contributed by atoms with Crippen LogP contribution in [0.4, 0.5) is 0 Å². The molecule has 1 saturated carbocycles. The molecule has 3 nitrogen and oxygen atoms in total. The highest BCUT2D eigenvalue weighted by atomic mass is 16.5. The van der Waals surface area contributed by atoms with Crippen LogP contribution in [0.3, 0.4) is 0 Å². The first-order chi connectivity index (χ1) is 8.88. The Morgan fingerprint density at radius 2 is 2.22 bits per heavy atom. The van der Waals surface area contributed by atoms with Gasteiger partial charge in [-0.3, -0.25) is 0 Å². The van der Waals surface area contributed by atoms with Gasteiger partial charge in [-0.25, -0.2) is 0 Å². The van der Waals surface area contributed by atoms with Crippen LogP contribution in [0.5, 0.6) is 0 Å². The second-order valence-corrected chi connectivity index (χ2v) is 5.37. The molecule has 1 aromatic rings. The van der Waals surface area contributed by atoms with Gasteiger partial charge in [-0.2, -0.15) is 0 Å². The van der Waals surface area contributed by atoms with Crippen molar-refractivity contribution in [3.63, 3.8) is 0 Å². The zero-order chi connectivity index (χ0) is 12.6. The number of rotatable bonds is 8. The maximum absolute atomic E-state index is 5.01. The molecule has 1 fully saturated rings. The van der Waals surface area contributed by atoms with Gasteiger partial charge in [-0.15, -0.1) is 0 Å². The standard InChI is InChI=1S/C15H26N2O/c1-18-11-8-16-12-15-7-10-17(13-15)9-6-14-4-2-3-5-14/h7,10,13-14,16H,2-6,8-9,11-12H2,1H3. The van der Waals surface area contributed by atoms with Gasteiger partial charge in [0.2, 0.25) is 0 Å². The Labute approximate surface area is 111 Å². The summed E-state index contributed by atoms with van der Waals surface area (Å²) in [6.45, 7) is 3.83. The molecule has 1 heterocycles. The highest BCUT2D eigenvalue weighted by molar-refractivity contribution is 5.09. The first-order valence-electron chi connectivity index (χ1n) is 7.23. The van der Waals surface area contributed by atoms with E-state index >= 15 is 0 Å². The lowest BCUT2D eigenvalue weighted by Crippen LogP contribution is -2.18. The van der Waals surface area contributed by atoms with Gasteiger partial charge >= 0.3 is 0 Å². The molecule has 0 radical (unpaired) electrons. The Balaban J connectivity index is 1.65. The molecule has 0 saturated heterocycles. The fraction of sp³-hybridized carbons (Fsp3) is 0.733. The van der Waals surface area contributed by atoms with Gasteiger partial charge in [0, 0.05) is 39.1 Å². The maximum Gasteiger partial charge on any atom is 0.0587 e. The summed E-state index contributed by atoms with van der Waals surface area (Å²) in [4.78, 5) is 0. The van der Waals surface area contributed by atoms with Crippen molar-refractivity contribution in [1.29, 1.82) is 0 Å². The van der Waals surface area contributed by atoms with Crippen LogP contribution < -0.4 is 5.32 Å². The van der Waals surface area contributed by atoms with Gasteiger partial charge < -0.3 is 14.6 Å². The van der Waals surface area contributed by atoms with E-state index in [9.17, 15) is 0 Å². The van der Waals surface area contributed by atoms with Gasteiger partial charge in [0.1, 0.15) is 0 Å². The highest BCUT2D eigenvalue weighted by Gasteiger charge is 2.14. The van der Waals surface area contributed by atoms with E-state index in [1.54, 1.807) is 7.11 Å². The molecule has 18 heavy (non-hydrogen) atoms. The van der Waals surface area contributed by atoms with Crippen LogP contribution in [0.15, 0.2) is 18.5 Å². The fourth-order valence-electron chi connectivity index (χ4n) is 2.77. The normalized spacial score (nSPS) is 16.5. The van der Waals surface area contributed by atoms with Crippen LogP contribution in [0.25, 0.3) is 0 Å². The maximum atomic E-state index is 5.01. The Morgan fingerprint density at radius 1 is 1.39 bits per heavy atom. The van der Waals surface area contributed by atoms with Gasteiger partial charge in [-0.05, 0) is 24.0 Å². The lowest BCUT2D eigenvalue weighted by atomic mass is 10.0. The highest BCUT2D eigenvalue weighted by Crippen LogP contribution is 2.27. The molecule has 3 heteroatoms. The van der Waals surface area contributed by atoms with Crippen molar-refractivity contribution in [2.75, 3.05) is 20.3 Å². The van der Waals surface area contributed by atoms with Crippen molar-refractivity contribution in [2.45, 2.75) is 45.2 Å². The monoisotopic (exact) mass is 250 g/mol. The molecule has 0 amide bonds. The van der Waals surface area contributed by atoms with E-state index in [2.05, 4.69) is 28.3 Å². The van der Waals surface area contributed by atoms with E-state index in [1.807, 2.05) is 0 Å². The molecular weight excluding hydrogens is 224 g/mol. The Morgan fingerprint density at radius 3 is 3.00 bits per heavy atom. The molecule has 0 spiro atoms. The molecule has 0 atom stereocenters. The lowest BCUT2D eigenvalue weighted by molar-refractivity contribution is 0.199. The van der Waals surface area contributed by atoms with Gasteiger partial charge in [0.15, 0.2) is 0 Å². The molecule has 0 bridgehead atoms. The smallest absolute Gasteiger partial charge is 0.0587 e. The van der Waals surface area contributed by atoms with Gasteiger partial charge in [-0.1, -0.05) is 25.7 Å². The number of aryl methyl sites for hydroxylation is 1.